The molecule has 2 heterocycles. The summed E-state index contributed by atoms with van der Waals surface area (Å²) in [6.07, 6.45) is 1.32. The van der Waals surface area contributed by atoms with Gasteiger partial charge in [0.25, 0.3) is 5.91 Å². The monoisotopic (exact) mass is 328 g/mol. The maximum atomic E-state index is 13.4. The van der Waals surface area contributed by atoms with E-state index in [9.17, 15) is 9.18 Å². The highest BCUT2D eigenvalue weighted by atomic mass is 79.9. The lowest BCUT2D eigenvalue weighted by molar-refractivity contribution is 0.0779. The van der Waals surface area contributed by atoms with Crippen LogP contribution in [0.5, 0.6) is 0 Å². The molecule has 0 aromatic carbocycles. The van der Waals surface area contributed by atoms with E-state index in [1.807, 2.05) is 11.4 Å². The molecule has 0 radical (unpaired) electrons. The van der Waals surface area contributed by atoms with Crippen molar-refractivity contribution in [3.05, 3.63) is 50.6 Å². The number of halogens is 2. The third kappa shape index (κ3) is 2.94. The van der Waals surface area contributed by atoms with Crippen LogP contribution >= 0.6 is 27.3 Å². The predicted octanol–water partition coefficient (Wildman–Crippen LogP) is 3.32. The molecule has 3 nitrogen and oxygen atoms in total. The molecular formula is C12H10BrFN2OS. The van der Waals surface area contributed by atoms with Crippen molar-refractivity contribution in [2.45, 2.75) is 6.54 Å². The van der Waals surface area contributed by atoms with Crippen molar-refractivity contribution < 1.29 is 9.18 Å². The van der Waals surface area contributed by atoms with Gasteiger partial charge in [-0.2, -0.15) is 4.39 Å². The first-order valence-corrected chi connectivity index (χ1v) is 6.84. The maximum Gasteiger partial charge on any atom is 0.258 e. The van der Waals surface area contributed by atoms with Crippen LogP contribution in [0, 0.1) is 5.95 Å². The summed E-state index contributed by atoms with van der Waals surface area (Å²) in [7, 11) is 1.64. The molecule has 2 aromatic rings. The molecule has 2 aromatic heterocycles. The molecule has 0 saturated carbocycles. The standard InChI is InChI=1S/C12H10BrFN2OS/c1-16(6-8-5-10(13)18-7-8)12(17)9-3-2-4-15-11(9)14/h2-5,7H,6H2,1H3. The zero-order chi connectivity index (χ0) is 13.1. The minimum Gasteiger partial charge on any atom is -0.337 e. The fourth-order valence-electron chi connectivity index (χ4n) is 1.53. The minimum atomic E-state index is -0.735. The van der Waals surface area contributed by atoms with Crippen LogP contribution in [0.2, 0.25) is 0 Å². The number of thiophene rings is 1. The average molecular weight is 329 g/mol. The highest BCUT2D eigenvalue weighted by Crippen LogP contribution is 2.22. The molecule has 2 rings (SSSR count). The van der Waals surface area contributed by atoms with E-state index in [-0.39, 0.29) is 11.5 Å². The fraction of sp³-hybridized carbons (Fsp3) is 0.167. The number of carbonyl (C=O) groups is 1. The minimum absolute atomic E-state index is 0.00528. The van der Waals surface area contributed by atoms with Crippen molar-refractivity contribution in [1.82, 2.24) is 9.88 Å². The van der Waals surface area contributed by atoms with Gasteiger partial charge >= 0.3 is 0 Å². The molecule has 0 bridgehead atoms. The Morgan fingerprint density at radius 3 is 3.00 bits per heavy atom. The molecule has 0 aliphatic rings. The fourth-order valence-corrected chi connectivity index (χ4v) is 2.73. The first kappa shape index (κ1) is 13.2. The largest absolute Gasteiger partial charge is 0.337 e. The van der Waals surface area contributed by atoms with Crippen LogP contribution in [0.3, 0.4) is 0 Å². The number of hydrogen-bond acceptors (Lipinski definition) is 3. The molecule has 0 atom stereocenters. The third-order valence-electron chi connectivity index (χ3n) is 2.38. The second-order valence-corrected chi connectivity index (χ2v) is 6.05. The summed E-state index contributed by atoms with van der Waals surface area (Å²) in [4.78, 5) is 17.0. The van der Waals surface area contributed by atoms with Gasteiger partial charge in [0.05, 0.1) is 9.35 Å². The number of rotatable bonds is 3. The Bertz CT molecular complexity index is 573. The summed E-state index contributed by atoms with van der Waals surface area (Å²) >= 11 is 4.91. The van der Waals surface area contributed by atoms with Gasteiger partial charge in [0.2, 0.25) is 5.95 Å². The summed E-state index contributed by atoms with van der Waals surface area (Å²) in [5.41, 5.74) is 1.00. The average Bonchev–Trinajstić information content (AvgIpc) is 2.74. The lowest BCUT2D eigenvalue weighted by Gasteiger charge is -2.16. The van der Waals surface area contributed by atoms with Crippen LogP contribution in [0.25, 0.3) is 0 Å². The van der Waals surface area contributed by atoms with Gasteiger partial charge < -0.3 is 4.90 Å². The molecule has 18 heavy (non-hydrogen) atoms. The summed E-state index contributed by atoms with van der Waals surface area (Å²) in [5.74, 6) is -1.11. The van der Waals surface area contributed by atoms with Crippen molar-refractivity contribution in [2.75, 3.05) is 7.05 Å². The van der Waals surface area contributed by atoms with Crippen molar-refractivity contribution in [2.24, 2.45) is 0 Å². The summed E-state index contributed by atoms with van der Waals surface area (Å²) < 4.78 is 14.4. The Kier molecular flexibility index (Phi) is 4.08. The number of carbonyl (C=O) groups excluding carboxylic acids is 1. The molecule has 0 unspecified atom stereocenters. The van der Waals surface area contributed by atoms with E-state index >= 15 is 0 Å². The van der Waals surface area contributed by atoms with Crippen LogP contribution in [0.4, 0.5) is 4.39 Å². The third-order valence-corrected chi connectivity index (χ3v) is 3.93. The zero-order valence-electron chi connectivity index (χ0n) is 9.56. The lowest BCUT2D eigenvalue weighted by Crippen LogP contribution is -2.27. The van der Waals surface area contributed by atoms with E-state index in [1.165, 1.54) is 17.2 Å². The van der Waals surface area contributed by atoms with Crippen molar-refractivity contribution >= 4 is 33.2 Å². The van der Waals surface area contributed by atoms with Crippen molar-refractivity contribution in [3.8, 4) is 0 Å². The SMILES string of the molecule is CN(Cc1csc(Br)c1)C(=O)c1cccnc1F. The van der Waals surface area contributed by atoms with Crippen molar-refractivity contribution in [3.63, 3.8) is 0 Å². The Morgan fingerprint density at radius 2 is 2.39 bits per heavy atom. The Hall–Kier alpha value is -1.27. The summed E-state index contributed by atoms with van der Waals surface area (Å²) in [6.45, 7) is 0.440. The van der Waals surface area contributed by atoms with Crippen LogP contribution in [0.15, 0.2) is 33.6 Å². The van der Waals surface area contributed by atoms with E-state index in [0.29, 0.717) is 6.54 Å². The summed E-state index contributed by atoms with van der Waals surface area (Å²) in [5, 5.41) is 1.95. The maximum absolute atomic E-state index is 13.4. The number of pyridine rings is 1. The highest BCUT2D eigenvalue weighted by molar-refractivity contribution is 9.11. The predicted molar refractivity (Wildman–Crippen MR) is 72.0 cm³/mol. The Morgan fingerprint density at radius 1 is 1.61 bits per heavy atom. The van der Waals surface area contributed by atoms with Crippen LogP contribution in [-0.4, -0.2) is 22.8 Å². The lowest BCUT2D eigenvalue weighted by atomic mass is 10.2. The molecule has 0 aliphatic heterocycles. The van der Waals surface area contributed by atoms with Gasteiger partial charge in [0.1, 0.15) is 0 Å². The zero-order valence-corrected chi connectivity index (χ0v) is 12.0. The van der Waals surface area contributed by atoms with E-state index in [4.69, 9.17) is 0 Å². The molecule has 0 spiro atoms. The molecule has 0 N–H and O–H groups in total. The van der Waals surface area contributed by atoms with Gasteiger partial charge in [-0.15, -0.1) is 11.3 Å². The van der Waals surface area contributed by atoms with Crippen LogP contribution in [0.1, 0.15) is 15.9 Å². The molecule has 0 saturated heterocycles. The van der Waals surface area contributed by atoms with Gasteiger partial charge in [0, 0.05) is 19.8 Å². The first-order valence-electron chi connectivity index (χ1n) is 5.17. The number of amides is 1. The second-order valence-electron chi connectivity index (χ2n) is 3.76. The summed E-state index contributed by atoms with van der Waals surface area (Å²) in [6, 6.07) is 4.92. The number of hydrogen-bond donors (Lipinski definition) is 0. The number of aromatic nitrogens is 1. The van der Waals surface area contributed by atoms with Gasteiger partial charge in [-0.05, 0) is 45.1 Å². The van der Waals surface area contributed by atoms with E-state index < -0.39 is 5.95 Å². The van der Waals surface area contributed by atoms with Crippen LogP contribution < -0.4 is 0 Å². The molecule has 1 amide bonds. The Labute approximate surface area is 116 Å². The van der Waals surface area contributed by atoms with Gasteiger partial charge in [-0.25, -0.2) is 4.98 Å². The normalized spacial score (nSPS) is 10.4. The molecule has 0 fully saturated rings. The molecule has 6 heteroatoms. The molecule has 0 aliphatic carbocycles. The smallest absolute Gasteiger partial charge is 0.258 e. The number of nitrogens with zero attached hydrogens (tertiary/aromatic N) is 2. The molecule has 94 valence electrons. The van der Waals surface area contributed by atoms with E-state index in [2.05, 4.69) is 20.9 Å². The van der Waals surface area contributed by atoms with Gasteiger partial charge in [-0.1, -0.05) is 0 Å². The topological polar surface area (TPSA) is 33.2 Å². The van der Waals surface area contributed by atoms with E-state index in [1.54, 1.807) is 24.5 Å². The van der Waals surface area contributed by atoms with Crippen molar-refractivity contribution in [1.29, 1.82) is 0 Å². The molecular weight excluding hydrogens is 319 g/mol. The quantitative estimate of drug-likeness (QED) is 0.810. The van der Waals surface area contributed by atoms with Crippen LogP contribution in [-0.2, 0) is 6.54 Å². The second kappa shape index (κ2) is 5.58. The van der Waals surface area contributed by atoms with E-state index in [0.717, 1.165) is 9.35 Å². The first-order chi connectivity index (χ1) is 8.58. The van der Waals surface area contributed by atoms with Gasteiger partial charge in [-0.3, -0.25) is 4.79 Å². The highest BCUT2D eigenvalue weighted by Gasteiger charge is 2.17. The Balaban J connectivity index is 2.12. The van der Waals surface area contributed by atoms with Gasteiger partial charge in [0.15, 0.2) is 0 Å².